The summed E-state index contributed by atoms with van der Waals surface area (Å²) in [5.74, 6) is 0. The van der Waals surface area contributed by atoms with Gasteiger partial charge >= 0.3 is 0 Å². The van der Waals surface area contributed by atoms with Crippen molar-refractivity contribution in [2.75, 3.05) is 0 Å². The first-order valence-electron chi connectivity index (χ1n) is 8.53. The van der Waals surface area contributed by atoms with Gasteiger partial charge in [-0.1, -0.05) is 48.5 Å². The van der Waals surface area contributed by atoms with E-state index in [9.17, 15) is 0 Å². The van der Waals surface area contributed by atoms with Gasteiger partial charge in [-0.25, -0.2) is 4.99 Å². The van der Waals surface area contributed by atoms with Crippen molar-refractivity contribution in [3.63, 3.8) is 0 Å². The van der Waals surface area contributed by atoms with E-state index in [1.54, 1.807) is 11.8 Å². The fourth-order valence-electron chi connectivity index (χ4n) is 3.18. The molecule has 24 heavy (non-hydrogen) atoms. The molecule has 3 heteroatoms. The number of hydrogen-bond acceptors (Lipinski definition) is 3. The van der Waals surface area contributed by atoms with E-state index in [1.165, 1.54) is 34.6 Å². The Morgan fingerprint density at radius 3 is 2.08 bits per heavy atom. The Hall–Kier alpha value is -2.13. The summed E-state index contributed by atoms with van der Waals surface area (Å²) in [5, 5.41) is 2.34. The molecule has 0 saturated heterocycles. The molecule has 2 aromatic carbocycles. The fraction of sp³-hybridized carbons (Fsp3) is 0.238. The first-order chi connectivity index (χ1) is 11.9. The van der Waals surface area contributed by atoms with Crippen LogP contribution in [0, 0.1) is 0 Å². The number of rotatable bonds is 3. The van der Waals surface area contributed by atoms with Crippen LogP contribution in [0.3, 0.4) is 0 Å². The predicted octanol–water partition coefficient (Wildman–Crippen LogP) is 5.93. The number of para-hydroxylation sites is 1. The van der Waals surface area contributed by atoms with Gasteiger partial charge in [0, 0.05) is 0 Å². The topological polar surface area (TPSA) is 24.7 Å². The van der Waals surface area contributed by atoms with E-state index in [0.29, 0.717) is 0 Å². The number of nitrogens with zero attached hydrogens (tertiary/aromatic N) is 2. The molecule has 0 bridgehead atoms. The average Bonchev–Trinajstić information content (AvgIpc) is 3.00. The van der Waals surface area contributed by atoms with Crippen LogP contribution in [0.1, 0.15) is 31.2 Å². The number of hydrogen-bond donors (Lipinski definition) is 0. The van der Waals surface area contributed by atoms with Gasteiger partial charge in [0.15, 0.2) is 0 Å². The lowest BCUT2D eigenvalue weighted by atomic mass is 9.93. The third kappa shape index (κ3) is 3.36. The van der Waals surface area contributed by atoms with E-state index in [1.807, 2.05) is 24.3 Å². The second kappa shape index (κ2) is 7.18. The molecule has 0 atom stereocenters. The Bertz CT molecular complexity index is 804. The molecule has 4 rings (SSSR count). The molecule has 0 aromatic heterocycles. The van der Waals surface area contributed by atoms with E-state index >= 15 is 0 Å². The molecule has 1 aliphatic carbocycles. The van der Waals surface area contributed by atoms with Crippen molar-refractivity contribution in [1.82, 2.24) is 0 Å². The van der Waals surface area contributed by atoms with Gasteiger partial charge < -0.3 is 0 Å². The van der Waals surface area contributed by atoms with Gasteiger partial charge in [-0.15, -0.1) is 0 Å². The molecule has 2 aromatic rings. The van der Waals surface area contributed by atoms with Gasteiger partial charge in [0.05, 0.1) is 12.2 Å². The van der Waals surface area contributed by atoms with Gasteiger partial charge in [-0.3, -0.25) is 4.99 Å². The molecule has 0 saturated carbocycles. The van der Waals surface area contributed by atoms with Crippen LogP contribution in [-0.4, -0.2) is 10.1 Å². The lowest BCUT2D eigenvalue weighted by Gasteiger charge is -2.13. The number of aliphatic imine (C=N–C) groups is 2. The molecular weight excluding hydrogens is 312 g/mol. The van der Waals surface area contributed by atoms with Gasteiger partial charge in [0.2, 0.25) is 0 Å². The van der Waals surface area contributed by atoms with Crippen molar-refractivity contribution >= 4 is 27.5 Å². The van der Waals surface area contributed by atoms with E-state index in [-0.39, 0.29) is 0 Å². The Morgan fingerprint density at radius 1 is 0.750 bits per heavy atom. The third-order valence-corrected chi connectivity index (χ3v) is 5.51. The van der Waals surface area contributed by atoms with Gasteiger partial charge in [-0.2, -0.15) is 0 Å². The van der Waals surface area contributed by atoms with Crippen LogP contribution in [0.2, 0.25) is 0 Å². The third-order valence-electron chi connectivity index (χ3n) is 4.41. The quantitative estimate of drug-likeness (QED) is 0.683. The molecule has 0 amide bonds. The summed E-state index contributed by atoms with van der Waals surface area (Å²) in [6, 6.07) is 20.7. The van der Waals surface area contributed by atoms with Gasteiger partial charge in [-0.05, 0) is 66.3 Å². The Balaban J connectivity index is 1.63. The molecule has 0 fully saturated rings. The molecule has 1 aliphatic heterocycles. The number of benzene rings is 2. The highest BCUT2D eigenvalue weighted by molar-refractivity contribution is 8.28. The molecule has 0 spiro atoms. The molecule has 2 nitrogen and oxygen atoms in total. The predicted molar refractivity (Wildman–Crippen MR) is 104 cm³/mol. The Morgan fingerprint density at radius 2 is 1.38 bits per heavy atom. The average molecular weight is 332 g/mol. The minimum Gasteiger partial charge on any atom is -0.273 e. The molecule has 2 aliphatic rings. The van der Waals surface area contributed by atoms with E-state index in [0.717, 1.165) is 30.1 Å². The summed E-state index contributed by atoms with van der Waals surface area (Å²) in [6.07, 6.45) is 4.81. The zero-order valence-corrected chi connectivity index (χ0v) is 14.4. The SMILES string of the molecule is c1ccc(CN=C2SC(=Nc3ccccc3)C3=C2CCCC3)cc1. The zero-order chi connectivity index (χ0) is 16.2. The molecule has 120 valence electrons. The van der Waals surface area contributed by atoms with Crippen molar-refractivity contribution < 1.29 is 0 Å². The highest BCUT2D eigenvalue weighted by Crippen LogP contribution is 2.40. The van der Waals surface area contributed by atoms with Crippen molar-refractivity contribution in [3.8, 4) is 0 Å². The molecular formula is C21H20N2S. The van der Waals surface area contributed by atoms with Crippen molar-refractivity contribution in [3.05, 3.63) is 77.4 Å². The summed E-state index contributed by atoms with van der Waals surface area (Å²) >= 11 is 1.76. The second-order valence-corrected chi connectivity index (χ2v) is 7.10. The Labute approximate surface area is 147 Å². The minimum atomic E-state index is 0.749. The number of thioether (sulfide) groups is 1. The van der Waals surface area contributed by atoms with Crippen LogP contribution < -0.4 is 0 Å². The van der Waals surface area contributed by atoms with Crippen LogP contribution in [0.15, 0.2) is 81.8 Å². The van der Waals surface area contributed by atoms with Gasteiger partial charge in [0.1, 0.15) is 10.1 Å². The van der Waals surface area contributed by atoms with Crippen LogP contribution in [0.4, 0.5) is 5.69 Å². The maximum Gasteiger partial charge on any atom is 0.106 e. The first kappa shape index (κ1) is 15.4. The van der Waals surface area contributed by atoms with Crippen molar-refractivity contribution in [1.29, 1.82) is 0 Å². The summed E-state index contributed by atoms with van der Waals surface area (Å²) in [5.41, 5.74) is 5.16. The van der Waals surface area contributed by atoms with Crippen LogP contribution in [0.25, 0.3) is 0 Å². The van der Waals surface area contributed by atoms with Crippen LogP contribution in [-0.2, 0) is 6.54 Å². The minimum absolute atomic E-state index is 0.749. The fourth-order valence-corrected chi connectivity index (χ4v) is 4.34. The smallest absolute Gasteiger partial charge is 0.106 e. The monoisotopic (exact) mass is 332 g/mol. The molecule has 0 unspecified atom stereocenters. The van der Waals surface area contributed by atoms with Crippen LogP contribution in [0.5, 0.6) is 0 Å². The first-order valence-corrected chi connectivity index (χ1v) is 9.34. The molecule has 1 heterocycles. The normalized spacial score (nSPS) is 20.7. The molecule has 0 N–H and O–H groups in total. The van der Waals surface area contributed by atoms with Crippen molar-refractivity contribution in [2.24, 2.45) is 9.98 Å². The second-order valence-electron chi connectivity index (χ2n) is 6.13. The maximum atomic E-state index is 4.91. The largest absolute Gasteiger partial charge is 0.273 e. The molecule has 0 radical (unpaired) electrons. The standard InChI is InChI=1S/C21H20N2S/c1-3-9-16(10-4-1)15-22-20-18-13-7-8-14-19(18)21(24-20)23-17-11-5-2-6-12-17/h1-6,9-12H,7-8,13-15H2. The van der Waals surface area contributed by atoms with E-state index < -0.39 is 0 Å². The van der Waals surface area contributed by atoms with E-state index in [2.05, 4.69) is 36.4 Å². The summed E-state index contributed by atoms with van der Waals surface area (Å²) < 4.78 is 0. The summed E-state index contributed by atoms with van der Waals surface area (Å²) in [6.45, 7) is 0.749. The highest BCUT2D eigenvalue weighted by atomic mass is 32.2. The van der Waals surface area contributed by atoms with Crippen molar-refractivity contribution in [2.45, 2.75) is 32.2 Å². The van der Waals surface area contributed by atoms with Crippen LogP contribution >= 0.6 is 11.8 Å². The summed E-state index contributed by atoms with van der Waals surface area (Å²) in [7, 11) is 0. The van der Waals surface area contributed by atoms with Gasteiger partial charge in [0.25, 0.3) is 0 Å². The maximum absolute atomic E-state index is 4.91. The zero-order valence-electron chi connectivity index (χ0n) is 13.6. The summed E-state index contributed by atoms with van der Waals surface area (Å²) in [4.78, 5) is 9.80. The lowest BCUT2D eigenvalue weighted by Crippen LogP contribution is -2.02. The van der Waals surface area contributed by atoms with E-state index in [4.69, 9.17) is 9.98 Å². The highest BCUT2D eigenvalue weighted by Gasteiger charge is 2.29. The lowest BCUT2D eigenvalue weighted by molar-refractivity contribution is 0.707. The Kier molecular flexibility index (Phi) is 4.61.